The molecule has 0 heterocycles. The Morgan fingerprint density at radius 3 is 1.68 bits per heavy atom. The first-order valence-electron chi connectivity index (χ1n) is 14.9. The zero-order chi connectivity index (χ0) is 29.5. The fourth-order valence-corrected chi connectivity index (χ4v) is 5.21. The average Bonchev–Trinajstić information content (AvgIpc) is 2.91. The van der Waals surface area contributed by atoms with Crippen molar-refractivity contribution in [3.63, 3.8) is 0 Å². The van der Waals surface area contributed by atoms with Gasteiger partial charge in [0.25, 0.3) is 0 Å². The highest BCUT2D eigenvalue weighted by molar-refractivity contribution is 6.04. The molecule has 0 atom stereocenters. The van der Waals surface area contributed by atoms with Crippen LogP contribution < -0.4 is 0 Å². The third-order valence-corrected chi connectivity index (χ3v) is 7.53. The van der Waals surface area contributed by atoms with Crippen LogP contribution in [0.5, 0.6) is 0 Å². The molecule has 6 heteroatoms. The summed E-state index contributed by atoms with van der Waals surface area (Å²) in [4.78, 5) is 37.0. The van der Waals surface area contributed by atoms with Crippen molar-refractivity contribution in [3.8, 4) is 0 Å². The van der Waals surface area contributed by atoms with Gasteiger partial charge in [0.05, 0.1) is 16.7 Å². The summed E-state index contributed by atoms with van der Waals surface area (Å²) in [7, 11) is 0. The summed E-state index contributed by atoms with van der Waals surface area (Å²) in [5, 5.41) is 19.1. The van der Waals surface area contributed by atoms with Gasteiger partial charge in [-0.2, -0.15) is 0 Å². The Morgan fingerprint density at radius 1 is 0.675 bits per heavy atom. The highest BCUT2D eigenvalue weighted by atomic mass is 16.6. The maximum Gasteiger partial charge on any atom is 0.339 e. The van der Waals surface area contributed by atoms with Gasteiger partial charge in [0.15, 0.2) is 0 Å². The number of carbonyl (C=O) groups is 3. The third kappa shape index (κ3) is 10.8. The van der Waals surface area contributed by atoms with Crippen molar-refractivity contribution < 1.29 is 29.3 Å². The van der Waals surface area contributed by atoms with Gasteiger partial charge in [-0.05, 0) is 61.3 Å². The molecule has 2 rings (SSSR count). The summed E-state index contributed by atoms with van der Waals surface area (Å²) < 4.78 is 6.34. The lowest BCUT2D eigenvalue weighted by molar-refractivity contribution is -0.0342. The molecule has 0 amide bonds. The Bertz CT molecular complexity index is 1050. The summed E-state index contributed by atoms with van der Waals surface area (Å²) in [6, 6.07) is 13.3. The standard InChI is InChI=1S/C34H48O6/c1-25(2)16-10-5-7-14-22-34(28-18-12-9-13-19-28,23-15-8-6-11-17-26(3)4)40-33(39)29-21-20-27(31(35)36)24-30(29)32(37)38/h9,12-13,18-21,24-26H,5-8,10-11,14-17,22-23H2,1-4H3,(H,35,36)(H,37,38). The number of hydrogen-bond donors (Lipinski definition) is 2. The van der Waals surface area contributed by atoms with Crippen LogP contribution in [-0.4, -0.2) is 28.1 Å². The minimum atomic E-state index is -1.37. The Kier molecular flexibility index (Phi) is 13.9. The lowest BCUT2D eigenvalue weighted by Gasteiger charge is -2.35. The Morgan fingerprint density at radius 2 is 1.20 bits per heavy atom. The van der Waals surface area contributed by atoms with E-state index in [4.69, 9.17) is 4.74 Å². The van der Waals surface area contributed by atoms with E-state index in [0.717, 1.165) is 50.2 Å². The molecule has 0 aliphatic heterocycles. The molecule has 2 N–H and O–H groups in total. The molecule has 0 aliphatic rings. The second-order valence-electron chi connectivity index (χ2n) is 11.8. The smallest absolute Gasteiger partial charge is 0.339 e. The fraction of sp³-hybridized carbons (Fsp3) is 0.559. The summed E-state index contributed by atoms with van der Waals surface area (Å²) >= 11 is 0. The molecular formula is C34H48O6. The summed E-state index contributed by atoms with van der Waals surface area (Å²) in [6.45, 7) is 8.93. The second-order valence-corrected chi connectivity index (χ2v) is 11.8. The maximum atomic E-state index is 13.6. The number of carboxylic acid groups (broad SMARTS) is 2. The second kappa shape index (κ2) is 16.8. The molecule has 0 radical (unpaired) electrons. The minimum absolute atomic E-state index is 0.133. The number of hydrogen-bond acceptors (Lipinski definition) is 4. The molecule has 0 fully saturated rings. The SMILES string of the molecule is CC(C)CCCCCCC(CCCCCCC(C)C)(OC(=O)c1ccc(C(=O)O)cc1C(=O)O)c1ccccc1. The van der Waals surface area contributed by atoms with E-state index in [2.05, 4.69) is 27.7 Å². The van der Waals surface area contributed by atoms with E-state index < -0.39 is 23.5 Å². The summed E-state index contributed by atoms with van der Waals surface area (Å²) in [5.41, 5.74) is -0.672. The molecule has 2 aromatic carbocycles. The molecule has 0 saturated carbocycles. The van der Waals surface area contributed by atoms with Crippen LogP contribution in [0.2, 0.25) is 0 Å². The quantitative estimate of drug-likeness (QED) is 0.133. The molecular weight excluding hydrogens is 504 g/mol. The number of aromatic carboxylic acids is 2. The van der Waals surface area contributed by atoms with Crippen LogP contribution in [-0.2, 0) is 10.3 Å². The van der Waals surface area contributed by atoms with Gasteiger partial charge in [-0.15, -0.1) is 0 Å². The number of rotatable bonds is 19. The van der Waals surface area contributed by atoms with E-state index in [9.17, 15) is 24.6 Å². The lowest BCUT2D eigenvalue weighted by Crippen LogP contribution is -2.33. The predicted octanol–water partition coefficient (Wildman–Crippen LogP) is 9.13. The number of ether oxygens (including phenoxy) is 1. The molecule has 0 unspecified atom stereocenters. The van der Waals surface area contributed by atoms with Crippen LogP contribution in [0, 0.1) is 11.8 Å². The first-order chi connectivity index (χ1) is 19.1. The lowest BCUT2D eigenvalue weighted by atomic mass is 9.83. The van der Waals surface area contributed by atoms with Gasteiger partial charge in [-0.3, -0.25) is 0 Å². The average molecular weight is 553 g/mol. The highest BCUT2D eigenvalue weighted by Gasteiger charge is 2.37. The van der Waals surface area contributed by atoms with Gasteiger partial charge in [0.1, 0.15) is 5.60 Å². The number of benzene rings is 2. The zero-order valence-electron chi connectivity index (χ0n) is 24.8. The van der Waals surface area contributed by atoms with Gasteiger partial charge in [-0.25, -0.2) is 14.4 Å². The monoisotopic (exact) mass is 552 g/mol. The van der Waals surface area contributed by atoms with Crippen LogP contribution >= 0.6 is 0 Å². The van der Waals surface area contributed by atoms with Crippen molar-refractivity contribution >= 4 is 17.9 Å². The Labute approximate surface area is 240 Å². The van der Waals surface area contributed by atoms with Crippen LogP contribution in [0.4, 0.5) is 0 Å². The van der Waals surface area contributed by atoms with Crippen molar-refractivity contribution in [2.24, 2.45) is 11.8 Å². The van der Waals surface area contributed by atoms with Crippen LogP contribution in [0.25, 0.3) is 0 Å². The van der Waals surface area contributed by atoms with Crippen molar-refractivity contribution in [2.45, 2.75) is 110 Å². The van der Waals surface area contributed by atoms with Crippen LogP contribution in [0.1, 0.15) is 141 Å². The van der Waals surface area contributed by atoms with Gasteiger partial charge in [0.2, 0.25) is 0 Å². The van der Waals surface area contributed by atoms with Crippen molar-refractivity contribution in [1.29, 1.82) is 0 Å². The molecule has 0 bridgehead atoms. The largest absolute Gasteiger partial charge is 0.478 e. The molecule has 0 saturated heterocycles. The maximum absolute atomic E-state index is 13.6. The first kappa shape index (κ1) is 33.1. The van der Waals surface area contributed by atoms with Gasteiger partial charge in [-0.1, -0.05) is 109 Å². The van der Waals surface area contributed by atoms with Crippen LogP contribution in [0.15, 0.2) is 48.5 Å². The number of esters is 1. The molecule has 2 aromatic rings. The third-order valence-electron chi connectivity index (χ3n) is 7.53. The van der Waals surface area contributed by atoms with Crippen LogP contribution in [0.3, 0.4) is 0 Å². The zero-order valence-corrected chi connectivity index (χ0v) is 24.8. The van der Waals surface area contributed by atoms with Gasteiger partial charge in [0, 0.05) is 0 Å². The predicted molar refractivity (Wildman–Crippen MR) is 159 cm³/mol. The Balaban J connectivity index is 2.34. The number of unbranched alkanes of at least 4 members (excludes halogenated alkanes) is 6. The normalized spacial score (nSPS) is 11.7. The summed E-state index contributed by atoms with van der Waals surface area (Å²) in [6.07, 6.45) is 12.1. The molecule has 6 nitrogen and oxygen atoms in total. The Hall–Kier alpha value is -3.15. The molecule has 0 aliphatic carbocycles. The molecule has 220 valence electrons. The van der Waals surface area contributed by atoms with Crippen molar-refractivity contribution in [3.05, 3.63) is 70.8 Å². The number of carbonyl (C=O) groups excluding carboxylic acids is 1. The summed E-state index contributed by atoms with van der Waals surface area (Å²) in [5.74, 6) is -2.00. The molecule has 0 spiro atoms. The van der Waals surface area contributed by atoms with E-state index in [1.807, 2.05) is 30.3 Å². The van der Waals surface area contributed by atoms with Gasteiger partial charge < -0.3 is 14.9 Å². The topological polar surface area (TPSA) is 101 Å². The van der Waals surface area contributed by atoms with E-state index in [-0.39, 0.29) is 16.7 Å². The van der Waals surface area contributed by atoms with Gasteiger partial charge >= 0.3 is 17.9 Å². The van der Waals surface area contributed by atoms with E-state index in [1.165, 1.54) is 37.8 Å². The molecule has 0 aromatic heterocycles. The van der Waals surface area contributed by atoms with E-state index in [1.54, 1.807) is 0 Å². The van der Waals surface area contributed by atoms with E-state index in [0.29, 0.717) is 24.7 Å². The van der Waals surface area contributed by atoms with Crippen molar-refractivity contribution in [2.75, 3.05) is 0 Å². The molecule has 40 heavy (non-hydrogen) atoms. The first-order valence-corrected chi connectivity index (χ1v) is 14.9. The van der Waals surface area contributed by atoms with Crippen molar-refractivity contribution in [1.82, 2.24) is 0 Å². The highest BCUT2D eigenvalue weighted by Crippen LogP contribution is 2.38. The fourth-order valence-electron chi connectivity index (χ4n) is 5.21. The number of carboxylic acids is 2. The van der Waals surface area contributed by atoms with E-state index >= 15 is 0 Å². The minimum Gasteiger partial charge on any atom is -0.478 e.